The van der Waals surface area contributed by atoms with Crippen molar-refractivity contribution in [2.24, 2.45) is 0 Å². The molecule has 0 bridgehead atoms. The van der Waals surface area contributed by atoms with E-state index in [-0.39, 0.29) is 12.4 Å². The number of halogens is 1. The monoisotopic (exact) mass is 231 g/mol. The van der Waals surface area contributed by atoms with Gasteiger partial charge in [-0.05, 0) is 13.8 Å². The Bertz CT molecular complexity index is 421. The van der Waals surface area contributed by atoms with Crippen LogP contribution in [0.2, 0.25) is 0 Å². The topological polar surface area (TPSA) is 90.4 Å². The van der Waals surface area contributed by atoms with Crippen LogP contribution < -0.4 is 11.4 Å². The number of rotatable bonds is 4. The molecular weight excluding hydrogens is 217 g/mol. The molecule has 0 saturated heterocycles. The summed E-state index contributed by atoms with van der Waals surface area (Å²) in [5.74, 6) is 0.0589. The normalized spacial score (nSPS) is 14.8. The van der Waals surface area contributed by atoms with Crippen molar-refractivity contribution in [1.29, 1.82) is 0 Å². The summed E-state index contributed by atoms with van der Waals surface area (Å²) in [5, 5.41) is 8.68. The molecule has 0 aliphatic heterocycles. The molecule has 0 radical (unpaired) electrons. The molecule has 7 heteroatoms. The molecule has 0 amide bonds. The number of anilines is 1. The lowest BCUT2D eigenvalue weighted by Crippen LogP contribution is -2.30. The van der Waals surface area contributed by atoms with E-state index in [0.29, 0.717) is 10.1 Å². The highest BCUT2D eigenvalue weighted by Crippen LogP contribution is 2.12. The molecule has 90 valence electrons. The molecule has 0 saturated carbocycles. The van der Waals surface area contributed by atoms with E-state index < -0.39 is 18.3 Å². The number of aliphatic hydroxyl groups excluding tert-OH is 1. The lowest BCUT2D eigenvalue weighted by atomic mass is 10.3. The molecule has 1 heterocycles. The Morgan fingerprint density at radius 1 is 1.75 bits per heavy atom. The standard InChI is InChI=1S/C9H14FN3O3/c1-5-3-13(9(15)12-7(5)11)8(10)16-6(2)4-14/h3,6,8,14H,4H2,1-2H3,(H2,11,12,15)/t6-,8?/m0/s1. The minimum absolute atomic E-state index is 0.0589. The van der Waals surface area contributed by atoms with Gasteiger partial charge in [0.05, 0.1) is 12.7 Å². The number of nitrogen functional groups attached to an aromatic ring is 1. The first-order valence-electron chi connectivity index (χ1n) is 4.71. The van der Waals surface area contributed by atoms with Gasteiger partial charge in [-0.15, -0.1) is 0 Å². The minimum Gasteiger partial charge on any atom is -0.394 e. The molecule has 2 atom stereocenters. The summed E-state index contributed by atoms with van der Waals surface area (Å²) in [6.07, 6.45) is 0.513. The van der Waals surface area contributed by atoms with E-state index in [1.54, 1.807) is 6.92 Å². The lowest BCUT2D eigenvalue weighted by molar-refractivity contribution is -0.141. The molecule has 1 rings (SSSR count). The fourth-order valence-corrected chi connectivity index (χ4v) is 1.02. The van der Waals surface area contributed by atoms with E-state index >= 15 is 0 Å². The number of aromatic nitrogens is 2. The summed E-state index contributed by atoms with van der Waals surface area (Å²) >= 11 is 0. The fraction of sp³-hybridized carbons (Fsp3) is 0.556. The molecule has 0 aromatic carbocycles. The SMILES string of the molecule is Cc1cn(C(F)O[C@@H](C)CO)c(=O)nc1N. The largest absolute Gasteiger partial charge is 0.394 e. The highest BCUT2D eigenvalue weighted by Gasteiger charge is 2.16. The lowest BCUT2D eigenvalue weighted by Gasteiger charge is -2.16. The Morgan fingerprint density at radius 3 is 2.94 bits per heavy atom. The molecule has 0 spiro atoms. The Morgan fingerprint density at radius 2 is 2.38 bits per heavy atom. The summed E-state index contributed by atoms with van der Waals surface area (Å²) in [6, 6.07) is 0. The summed E-state index contributed by atoms with van der Waals surface area (Å²) in [4.78, 5) is 14.7. The first kappa shape index (κ1) is 12.6. The summed E-state index contributed by atoms with van der Waals surface area (Å²) in [5.41, 5.74) is 5.03. The van der Waals surface area contributed by atoms with Crippen molar-refractivity contribution in [3.05, 3.63) is 22.2 Å². The van der Waals surface area contributed by atoms with Crippen LogP contribution in [0.4, 0.5) is 10.2 Å². The summed E-state index contributed by atoms with van der Waals surface area (Å²) in [7, 11) is 0. The second-order valence-corrected chi connectivity index (χ2v) is 3.42. The first-order chi connectivity index (χ1) is 7.45. The Labute approximate surface area is 91.5 Å². The van der Waals surface area contributed by atoms with E-state index in [2.05, 4.69) is 4.98 Å². The zero-order chi connectivity index (χ0) is 12.3. The van der Waals surface area contributed by atoms with Crippen molar-refractivity contribution in [3.8, 4) is 0 Å². The molecule has 3 N–H and O–H groups in total. The second-order valence-electron chi connectivity index (χ2n) is 3.42. The zero-order valence-corrected chi connectivity index (χ0v) is 9.05. The van der Waals surface area contributed by atoms with Crippen LogP contribution >= 0.6 is 0 Å². The summed E-state index contributed by atoms with van der Waals surface area (Å²) < 4.78 is 18.9. The maximum Gasteiger partial charge on any atom is 0.353 e. The van der Waals surface area contributed by atoms with Crippen molar-refractivity contribution in [3.63, 3.8) is 0 Å². The van der Waals surface area contributed by atoms with Gasteiger partial charge in [0.25, 0.3) is 6.48 Å². The van der Waals surface area contributed by atoms with Crippen LogP contribution in [-0.2, 0) is 4.74 Å². The van der Waals surface area contributed by atoms with Gasteiger partial charge >= 0.3 is 5.69 Å². The van der Waals surface area contributed by atoms with Gasteiger partial charge in [0.2, 0.25) is 0 Å². The van der Waals surface area contributed by atoms with Crippen LogP contribution in [0.15, 0.2) is 11.0 Å². The number of ether oxygens (including phenoxy) is 1. The van der Waals surface area contributed by atoms with Crippen LogP contribution in [0.1, 0.15) is 19.0 Å². The smallest absolute Gasteiger partial charge is 0.353 e. The maximum absolute atomic E-state index is 13.5. The van der Waals surface area contributed by atoms with E-state index in [4.69, 9.17) is 15.6 Å². The quantitative estimate of drug-likeness (QED) is 0.758. The number of aryl methyl sites for hydroxylation is 1. The molecule has 6 nitrogen and oxygen atoms in total. The third-order valence-corrected chi connectivity index (χ3v) is 1.99. The van der Waals surface area contributed by atoms with Crippen molar-refractivity contribution in [2.75, 3.05) is 12.3 Å². The van der Waals surface area contributed by atoms with E-state index in [0.717, 1.165) is 0 Å². The van der Waals surface area contributed by atoms with Gasteiger partial charge in [0, 0.05) is 11.8 Å². The second kappa shape index (κ2) is 5.04. The molecule has 1 unspecified atom stereocenters. The van der Waals surface area contributed by atoms with Crippen molar-refractivity contribution in [2.45, 2.75) is 26.4 Å². The zero-order valence-electron chi connectivity index (χ0n) is 9.05. The van der Waals surface area contributed by atoms with Gasteiger partial charge in [-0.25, -0.2) is 9.36 Å². The van der Waals surface area contributed by atoms with Crippen LogP contribution in [0.25, 0.3) is 0 Å². The van der Waals surface area contributed by atoms with Gasteiger partial charge < -0.3 is 15.6 Å². The maximum atomic E-state index is 13.5. The molecule has 0 aliphatic carbocycles. The van der Waals surface area contributed by atoms with Crippen LogP contribution in [0.3, 0.4) is 0 Å². The van der Waals surface area contributed by atoms with Gasteiger partial charge in [-0.3, -0.25) is 0 Å². The van der Waals surface area contributed by atoms with Gasteiger partial charge in [-0.2, -0.15) is 9.37 Å². The van der Waals surface area contributed by atoms with E-state index in [1.165, 1.54) is 13.1 Å². The van der Waals surface area contributed by atoms with Crippen LogP contribution in [0.5, 0.6) is 0 Å². The Kier molecular flexibility index (Phi) is 3.97. The number of alkyl halides is 1. The van der Waals surface area contributed by atoms with Crippen LogP contribution in [-0.4, -0.2) is 27.4 Å². The molecule has 16 heavy (non-hydrogen) atoms. The average Bonchev–Trinajstić information content (AvgIpc) is 2.23. The third-order valence-electron chi connectivity index (χ3n) is 1.99. The van der Waals surface area contributed by atoms with Gasteiger partial charge in [0.1, 0.15) is 5.82 Å². The molecule has 0 fully saturated rings. The highest BCUT2D eigenvalue weighted by molar-refractivity contribution is 5.35. The fourth-order valence-electron chi connectivity index (χ4n) is 1.02. The number of nitrogens with two attached hydrogens (primary N) is 1. The molecule has 1 aromatic rings. The highest BCUT2D eigenvalue weighted by atomic mass is 19.1. The molecule has 0 aliphatic rings. The molecule has 1 aromatic heterocycles. The van der Waals surface area contributed by atoms with E-state index in [9.17, 15) is 9.18 Å². The number of aliphatic hydroxyl groups is 1. The minimum atomic E-state index is -1.98. The van der Waals surface area contributed by atoms with Gasteiger partial charge in [-0.1, -0.05) is 0 Å². The third kappa shape index (κ3) is 2.77. The average molecular weight is 231 g/mol. The molecular formula is C9H14FN3O3. The van der Waals surface area contributed by atoms with Crippen molar-refractivity contribution < 1.29 is 14.2 Å². The Hall–Kier alpha value is -1.47. The summed E-state index contributed by atoms with van der Waals surface area (Å²) in [6.45, 7) is 0.758. The predicted octanol–water partition coefficient (Wildman–Crippen LogP) is -0.0431. The number of hydrogen-bond donors (Lipinski definition) is 2. The number of hydrogen-bond acceptors (Lipinski definition) is 5. The Balaban J connectivity index is 2.95. The van der Waals surface area contributed by atoms with Crippen molar-refractivity contribution in [1.82, 2.24) is 9.55 Å². The van der Waals surface area contributed by atoms with Crippen molar-refractivity contribution >= 4 is 5.82 Å². The number of nitrogens with zero attached hydrogens (tertiary/aromatic N) is 2. The predicted molar refractivity (Wildman–Crippen MR) is 55.4 cm³/mol. The first-order valence-corrected chi connectivity index (χ1v) is 4.71. The van der Waals surface area contributed by atoms with Gasteiger partial charge in [0.15, 0.2) is 0 Å². The van der Waals surface area contributed by atoms with E-state index in [1.807, 2.05) is 0 Å². The van der Waals surface area contributed by atoms with Crippen LogP contribution in [0, 0.1) is 6.92 Å².